The van der Waals surface area contributed by atoms with Crippen molar-refractivity contribution >= 4 is 22.3 Å². The van der Waals surface area contributed by atoms with Gasteiger partial charge in [0.25, 0.3) is 0 Å². The van der Waals surface area contributed by atoms with Crippen LogP contribution in [0.1, 0.15) is 0 Å². The minimum Gasteiger partial charge on any atom is -0.445 e. The van der Waals surface area contributed by atoms with Crippen molar-refractivity contribution < 1.29 is 77.1 Å². The van der Waals surface area contributed by atoms with Crippen LogP contribution in [0, 0.1) is 0 Å². The molecule has 0 spiro atoms. The van der Waals surface area contributed by atoms with Gasteiger partial charge in [-0.2, -0.15) is 0 Å². The largest absolute Gasteiger partial charge is 1.00 e. The fourth-order valence-corrected chi connectivity index (χ4v) is 1.43. The van der Waals surface area contributed by atoms with Crippen LogP contribution in [0.5, 0.6) is 0 Å². The third kappa shape index (κ3) is 4.08. The van der Waals surface area contributed by atoms with E-state index in [1.807, 2.05) is 0 Å². The molecule has 1 heterocycles. The summed E-state index contributed by atoms with van der Waals surface area (Å²) in [5.41, 5.74) is -1.02. The first-order chi connectivity index (χ1) is 6.77. The van der Waals surface area contributed by atoms with E-state index < -0.39 is 33.3 Å². The zero-order valence-electron chi connectivity index (χ0n) is 8.20. The van der Waals surface area contributed by atoms with E-state index in [0.29, 0.717) is 18.3 Å². The molecule has 1 aromatic rings. The van der Waals surface area contributed by atoms with Crippen molar-refractivity contribution in [1.82, 2.24) is 4.98 Å². The molecular weight excluding hydrogens is 276 g/mol. The summed E-state index contributed by atoms with van der Waals surface area (Å²) in [6.07, 6.45) is 0.378. The Kier molecular flexibility index (Phi) is 6.11. The standard InChI is InChI=1S/C6H5BF4NO2S.K/c8-4-15(13,14)6-2-1-5(3-12-6)7(9,10)11;/h1-3H,4H2;/q-1;+1. The van der Waals surface area contributed by atoms with Crippen molar-refractivity contribution in [3.05, 3.63) is 18.3 Å². The van der Waals surface area contributed by atoms with Crippen LogP contribution in [0.25, 0.3) is 0 Å². The molecule has 84 valence electrons. The van der Waals surface area contributed by atoms with Gasteiger partial charge >= 0.3 is 58.4 Å². The molecule has 0 fully saturated rings. The van der Waals surface area contributed by atoms with E-state index in [0.717, 1.165) is 0 Å². The van der Waals surface area contributed by atoms with Crippen molar-refractivity contribution in [2.24, 2.45) is 0 Å². The molecule has 0 aliphatic rings. The zero-order valence-corrected chi connectivity index (χ0v) is 12.1. The Bertz CT molecular complexity index is 447. The molecule has 0 N–H and O–H groups in total. The van der Waals surface area contributed by atoms with Crippen molar-refractivity contribution in [1.29, 1.82) is 0 Å². The summed E-state index contributed by atoms with van der Waals surface area (Å²) in [4.78, 5) is 3.06. The molecule has 0 atom stereocenters. The molecule has 0 aliphatic carbocycles. The molecule has 10 heteroatoms. The molecule has 0 aromatic carbocycles. The van der Waals surface area contributed by atoms with Crippen LogP contribution >= 0.6 is 0 Å². The Morgan fingerprint density at radius 3 is 2.12 bits per heavy atom. The van der Waals surface area contributed by atoms with Crippen LogP contribution in [0.4, 0.5) is 17.3 Å². The first-order valence-electron chi connectivity index (χ1n) is 3.72. The van der Waals surface area contributed by atoms with Gasteiger partial charge in [-0.05, 0) is 6.07 Å². The number of halogens is 4. The summed E-state index contributed by atoms with van der Waals surface area (Å²) >= 11 is 0. The summed E-state index contributed by atoms with van der Waals surface area (Å²) in [5, 5.41) is -0.700. The van der Waals surface area contributed by atoms with Crippen molar-refractivity contribution in [3.8, 4) is 0 Å². The van der Waals surface area contributed by atoms with E-state index in [2.05, 4.69) is 4.98 Å². The molecule has 0 amide bonds. The van der Waals surface area contributed by atoms with E-state index in [9.17, 15) is 25.8 Å². The van der Waals surface area contributed by atoms with E-state index in [1.54, 1.807) is 0 Å². The number of nitrogens with zero attached hydrogens (tertiary/aromatic N) is 1. The van der Waals surface area contributed by atoms with Crippen LogP contribution in [0.3, 0.4) is 0 Å². The second kappa shape index (κ2) is 5.92. The Balaban J connectivity index is 0.00000225. The molecular formula is C6H5BF4KNO2S. The number of hydrogen-bond acceptors (Lipinski definition) is 3. The van der Waals surface area contributed by atoms with Crippen LogP contribution in [-0.4, -0.2) is 26.4 Å². The van der Waals surface area contributed by atoms with E-state index in [-0.39, 0.29) is 51.4 Å². The maximum absolute atomic E-state index is 12.1. The van der Waals surface area contributed by atoms with Crippen molar-refractivity contribution in [3.63, 3.8) is 0 Å². The molecule has 0 aliphatic heterocycles. The molecule has 0 bridgehead atoms. The van der Waals surface area contributed by atoms with E-state index >= 15 is 0 Å². The Morgan fingerprint density at radius 1 is 1.25 bits per heavy atom. The maximum Gasteiger partial charge on any atom is 1.00 e. The third-order valence-electron chi connectivity index (χ3n) is 1.60. The van der Waals surface area contributed by atoms with Crippen LogP contribution in [-0.2, 0) is 9.84 Å². The molecule has 1 rings (SSSR count). The first kappa shape index (κ1) is 16.5. The molecule has 0 radical (unpaired) electrons. The van der Waals surface area contributed by atoms with Crippen LogP contribution < -0.4 is 56.8 Å². The van der Waals surface area contributed by atoms with Gasteiger partial charge in [0.05, 0.1) is 0 Å². The number of sulfone groups is 1. The summed E-state index contributed by atoms with van der Waals surface area (Å²) in [7, 11) is -4.20. The van der Waals surface area contributed by atoms with Gasteiger partial charge in [-0.25, -0.2) is 17.8 Å². The SMILES string of the molecule is O=S(=O)(CF)c1ccc([B-](F)(F)F)cn1.[K+]. The third-order valence-corrected chi connectivity index (χ3v) is 2.77. The van der Waals surface area contributed by atoms with Crippen LogP contribution in [0.15, 0.2) is 23.4 Å². The molecule has 0 saturated carbocycles. The summed E-state index contributed by atoms with van der Waals surface area (Å²) in [6.45, 7) is -5.22. The van der Waals surface area contributed by atoms with Gasteiger partial charge in [-0.15, -0.1) is 0 Å². The predicted octanol–water partition coefficient (Wildman–Crippen LogP) is -2.16. The molecule has 0 saturated heterocycles. The second-order valence-corrected chi connectivity index (χ2v) is 4.59. The number of pyridine rings is 1. The number of hydrogen-bond donors (Lipinski definition) is 0. The zero-order chi connectivity index (χ0) is 11.7. The topological polar surface area (TPSA) is 47.0 Å². The van der Waals surface area contributed by atoms with Gasteiger partial charge in [0, 0.05) is 6.20 Å². The molecule has 1 aromatic heterocycles. The Hall–Kier alpha value is 0.521. The quantitative estimate of drug-likeness (QED) is 0.468. The smallest absolute Gasteiger partial charge is 0.445 e. The average Bonchev–Trinajstić information content (AvgIpc) is 2.17. The van der Waals surface area contributed by atoms with Crippen LogP contribution in [0.2, 0.25) is 0 Å². The summed E-state index contributed by atoms with van der Waals surface area (Å²) in [6, 6.07) is -0.481. The molecule has 0 unspecified atom stereocenters. The first-order valence-corrected chi connectivity index (χ1v) is 5.37. The minimum atomic E-state index is -5.22. The van der Waals surface area contributed by atoms with Gasteiger partial charge in [0.2, 0.25) is 9.84 Å². The van der Waals surface area contributed by atoms with E-state index in [1.165, 1.54) is 0 Å². The fraction of sp³-hybridized carbons (Fsp3) is 0.167. The molecule has 16 heavy (non-hydrogen) atoms. The summed E-state index contributed by atoms with van der Waals surface area (Å²) in [5.74, 6) is 0. The minimum absolute atomic E-state index is 0. The molecule has 3 nitrogen and oxygen atoms in total. The number of rotatable bonds is 3. The van der Waals surface area contributed by atoms with Gasteiger partial charge in [0.1, 0.15) is 0 Å². The number of aromatic nitrogens is 1. The normalized spacial score (nSPS) is 12.0. The van der Waals surface area contributed by atoms with Gasteiger partial charge in [0.15, 0.2) is 11.0 Å². The Morgan fingerprint density at radius 2 is 1.81 bits per heavy atom. The average molecular weight is 281 g/mol. The number of alkyl halides is 1. The Labute approximate surface area is 132 Å². The van der Waals surface area contributed by atoms with Crippen molar-refractivity contribution in [2.45, 2.75) is 5.03 Å². The predicted molar refractivity (Wildman–Crippen MR) is 46.1 cm³/mol. The monoisotopic (exact) mass is 281 g/mol. The van der Waals surface area contributed by atoms with Gasteiger partial charge in [-0.1, -0.05) is 11.5 Å². The summed E-state index contributed by atoms with van der Waals surface area (Å²) < 4.78 is 69.9. The maximum atomic E-state index is 12.1. The van der Waals surface area contributed by atoms with Crippen molar-refractivity contribution in [2.75, 3.05) is 6.01 Å². The van der Waals surface area contributed by atoms with Gasteiger partial charge in [-0.3, -0.25) is 0 Å². The second-order valence-electron chi connectivity index (χ2n) is 2.73. The van der Waals surface area contributed by atoms with E-state index in [4.69, 9.17) is 0 Å². The fourth-order valence-electron chi connectivity index (χ4n) is 0.825. The van der Waals surface area contributed by atoms with Gasteiger partial charge < -0.3 is 12.9 Å².